The molecule has 1 aromatic heterocycles. The molecule has 9 heteroatoms. The fraction of sp³-hybridized carbons (Fsp3) is 0.385. The van der Waals surface area contributed by atoms with Crippen LogP contribution in [0.1, 0.15) is 12.8 Å². The van der Waals surface area contributed by atoms with Gasteiger partial charge in [-0.15, -0.1) is 36.5 Å². The molecule has 0 spiro atoms. The van der Waals surface area contributed by atoms with E-state index in [0.717, 1.165) is 56.9 Å². The molecule has 2 heterocycles. The van der Waals surface area contributed by atoms with Gasteiger partial charge in [0.2, 0.25) is 0 Å². The lowest BCUT2D eigenvalue weighted by molar-refractivity contribution is 0.250. The SMILES string of the molecule is C=CCn1c(-c2ccccc2)nn(CCCCN2CCN(c3ccccc3OC)CC2)c1=O.Cl.Cl. The number of benzene rings is 2. The second-order valence-electron chi connectivity index (χ2n) is 8.30. The van der Waals surface area contributed by atoms with E-state index < -0.39 is 0 Å². The molecule has 4 rings (SSSR count). The van der Waals surface area contributed by atoms with E-state index in [9.17, 15) is 4.79 Å². The van der Waals surface area contributed by atoms with Crippen LogP contribution in [0.25, 0.3) is 11.4 Å². The number of aromatic nitrogens is 3. The van der Waals surface area contributed by atoms with E-state index in [0.29, 0.717) is 18.9 Å². The summed E-state index contributed by atoms with van der Waals surface area (Å²) in [7, 11) is 1.73. The van der Waals surface area contributed by atoms with Crippen LogP contribution in [-0.2, 0) is 13.1 Å². The van der Waals surface area contributed by atoms with Crippen molar-refractivity contribution in [3.8, 4) is 17.1 Å². The summed E-state index contributed by atoms with van der Waals surface area (Å²) in [6.45, 7) is 9.96. The quantitative estimate of drug-likeness (QED) is 0.294. The van der Waals surface area contributed by atoms with Gasteiger partial charge in [-0.25, -0.2) is 9.48 Å². The van der Waals surface area contributed by atoms with Crippen molar-refractivity contribution in [2.45, 2.75) is 25.9 Å². The van der Waals surface area contributed by atoms with Crippen LogP contribution < -0.4 is 15.3 Å². The number of halogens is 2. The van der Waals surface area contributed by atoms with Gasteiger partial charge < -0.3 is 9.64 Å². The molecule has 35 heavy (non-hydrogen) atoms. The third-order valence-corrected chi connectivity index (χ3v) is 6.16. The Hall–Kier alpha value is -2.74. The Kier molecular flexibility index (Phi) is 11.4. The van der Waals surface area contributed by atoms with E-state index in [1.807, 2.05) is 42.5 Å². The lowest BCUT2D eigenvalue weighted by Gasteiger charge is -2.36. The van der Waals surface area contributed by atoms with Gasteiger partial charge in [0.05, 0.1) is 12.8 Å². The normalized spacial score (nSPS) is 13.6. The second-order valence-corrected chi connectivity index (χ2v) is 8.30. The minimum Gasteiger partial charge on any atom is -0.495 e. The fourth-order valence-corrected chi connectivity index (χ4v) is 4.38. The molecule has 190 valence electrons. The molecule has 0 atom stereocenters. The Labute approximate surface area is 219 Å². The van der Waals surface area contributed by atoms with Gasteiger partial charge in [0.1, 0.15) is 5.75 Å². The van der Waals surface area contributed by atoms with Gasteiger partial charge in [0.25, 0.3) is 0 Å². The van der Waals surface area contributed by atoms with Crippen molar-refractivity contribution in [2.75, 3.05) is 44.7 Å². The summed E-state index contributed by atoms with van der Waals surface area (Å²) < 4.78 is 8.81. The summed E-state index contributed by atoms with van der Waals surface area (Å²) in [5, 5.41) is 4.63. The van der Waals surface area contributed by atoms with Crippen LogP contribution in [0.4, 0.5) is 5.69 Å². The van der Waals surface area contributed by atoms with Gasteiger partial charge in [-0.2, -0.15) is 0 Å². The first-order chi connectivity index (χ1) is 16.2. The molecule has 0 saturated carbocycles. The number of allylic oxidation sites excluding steroid dienone is 1. The Morgan fingerprint density at radius 3 is 2.29 bits per heavy atom. The zero-order valence-electron chi connectivity index (χ0n) is 20.2. The molecule has 1 saturated heterocycles. The maximum Gasteiger partial charge on any atom is 0.346 e. The standard InChI is InChI=1S/C26H33N5O2.2ClH/c1-3-15-30-25(22-11-5-4-6-12-22)27-31(26(30)32)17-10-9-16-28-18-20-29(21-19-28)23-13-7-8-14-24(23)33-2;;/h3-8,11-14H,1,9-10,15-21H2,2H3;2*1H. The molecule has 0 unspecified atom stereocenters. The van der Waals surface area contributed by atoms with Crippen LogP contribution in [0.3, 0.4) is 0 Å². The summed E-state index contributed by atoms with van der Waals surface area (Å²) in [6, 6.07) is 18.1. The molecule has 0 amide bonds. The fourth-order valence-electron chi connectivity index (χ4n) is 4.38. The first-order valence-corrected chi connectivity index (χ1v) is 11.7. The predicted molar refractivity (Wildman–Crippen MR) is 147 cm³/mol. The Morgan fingerprint density at radius 2 is 1.60 bits per heavy atom. The molecule has 0 radical (unpaired) electrons. The summed E-state index contributed by atoms with van der Waals surface area (Å²) in [4.78, 5) is 17.8. The van der Waals surface area contributed by atoms with Gasteiger partial charge in [0, 0.05) is 44.8 Å². The summed E-state index contributed by atoms with van der Waals surface area (Å²) in [6.07, 6.45) is 3.70. The number of aryl methyl sites for hydroxylation is 1. The van der Waals surface area contributed by atoms with E-state index in [-0.39, 0.29) is 30.5 Å². The minimum atomic E-state index is -0.0702. The van der Waals surface area contributed by atoms with Crippen LogP contribution in [0.5, 0.6) is 5.75 Å². The number of methoxy groups -OCH3 is 1. The van der Waals surface area contributed by atoms with Crippen molar-refractivity contribution >= 4 is 30.5 Å². The molecular formula is C26H35Cl2N5O2. The highest BCUT2D eigenvalue weighted by atomic mass is 35.5. The van der Waals surface area contributed by atoms with Gasteiger partial charge in [0.15, 0.2) is 5.82 Å². The topological polar surface area (TPSA) is 55.5 Å². The van der Waals surface area contributed by atoms with Gasteiger partial charge in [-0.3, -0.25) is 9.47 Å². The molecule has 0 aliphatic carbocycles. The number of nitrogens with zero attached hydrogens (tertiary/aromatic N) is 5. The molecular weight excluding hydrogens is 485 g/mol. The van der Waals surface area contributed by atoms with E-state index in [4.69, 9.17) is 4.74 Å². The average Bonchev–Trinajstić information content (AvgIpc) is 3.18. The van der Waals surface area contributed by atoms with Crippen molar-refractivity contribution in [2.24, 2.45) is 0 Å². The number of anilines is 1. The van der Waals surface area contributed by atoms with E-state index in [1.165, 1.54) is 5.69 Å². The lowest BCUT2D eigenvalue weighted by atomic mass is 10.2. The van der Waals surface area contributed by atoms with Crippen molar-refractivity contribution < 1.29 is 4.74 Å². The van der Waals surface area contributed by atoms with Crippen molar-refractivity contribution in [3.63, 3.8) is 0 Å². The first-order valence-electron chi connectivity index (χ1n) is 11.7. The van der Waals surface area contributed by atoms with Gasteiger partial charge in [-0.1, -0.05) is 48.5 Å². The molecule has 1 aliphatic heterocycles. The second kappa shape index (κ2) is 14.0. The maximum absolute atomic E-state index is 12.9. The Morgan fingerprint density at radius 1 is 0.943 bits per heavy atom. The smallest absolute Gasteiger partial charge is 0.346 e. The molecule has 3 aromatic rings. The van der Waals surface area contributed by atoms with Crippen LogP contribution in [0.15, 0.2) is 72.0 Å². The number of unbranched alkanes of at least 4 members (excludes halogenated alkanes) is 1. The zero-order chi connectivity index (χ0) is 23.0. The number of piperazine rings is 1. The number of hydrogen-bond donors (Lipinski definition) is 0. The van der Waals surface area contributed by atoms with Crippen LogP contribution in [-0.4, -0.2) is 59.1 Å². The van der Waals surface area contributed by atoms with Crippen molar-refractivity contribution in [1.82, 2.24) is 19.2 Å². The Balaban J connectivity index is 0.00000216. The highest BCUT2D eigenvalue weighted by molar-refractivity contribution is 5.85. The Bertz CT molecular complexity index is 1110. The lowest BCUT2D eigenvalue weighted by Crippen LogP contribution is -2.46. The molecule has 1 aliphatic rings. The molecule has 7 nitrogen and oxygen atoms in total. The van der Waals surface area contributed by atoms with Gasteiger partial charge in [-0.05, 0) is 31.5 Å². The van der Waals surface area contributed by atoms with E-state index in [1.54, 1.807) is 22.4 Å². The van der Waals surface area contributed by atoms with Crippen molar-refractivity contribution in [3.05, 3.63) is 77.7 Å². The third kappa shape index (κ3) is 6.90. The van der Waals surface area contributed by atoms with Crippen LogP contribution in [0.2, 0.25) is 0 Å². The van der Waals surface area contributed by atoms with Crippen molar-refractivity contribution in [1.29, 1.82) is 0 Å². The van der Waals surface area contributed by atoms with E-state index in [2.05, 4.69) is 33.6 Å². The predicted octanol–water partition coefficient (Wildman–Crippen LogP) is 4.35. The largest absolute Gasteiger partial charge is 0.495 e. The number of rotatable bonds is 10. The average molecular weight is 521 g/mol. The molecule has 0 bridgehead atoms. The summed E-state index contributed by atoms with van der Waals surface area (Å²) in [5.74, 6) is 1.63. The summed E-state index contributed by atoms with van der Waals surface area (Å²) >= 11 is 0. The van der Waals surface area contributed by atoms with Gasteiger partial charge >= 0.3 is 5.69 Å². The first kappa shape index (κ1) is 28.5. The van der Waals surface area contributed by atoms with Crippen LogP contribution in [0, 0.1) is 0 Å². The zero-order valence-corrected chi connectivity index (χ0v) is 21.8. The van der Waals surface area contributed by atoms with Crippen LogP contribution >= 0.6 is 24.8 Å². The van der Waals surface area contributed by atoms with E-state index >= 15 is 0 Å². The monoisotopic (exact) mass is 519 g/mol. The molecule has 1 fully saturated rings. The number of para-hydroxylation sites is 2. The number of hydrogen-bond acceptors (Lipinski definition) is 5. The third-order valence-electron chi connectivity index (χ3n) is 6.16. The molecule has 0 N–H and O–H groups in total. The maximum atomic E-state index is 12.9. The number of ether oxygens (including phenoxy) is 1. The highest BCUT2D eigenvalue weighted by Gasteiger charge is 2.19. The molecule has 2 aromatic carbocycles. The minimum absolute atomic E-state index is 0. The highest BCUT2D eigenvalue weighted by Crippen LogP contribution is 2.28. The summed E-state index contributed by atoms with van der Waals surface area (Å²) in [5.41, 5.74) is 2.05.